The smallest absolute Gasteiger partial charge is 0.340 e. The van der Waals surface area contributed by atoms with Gasteiger partial charge in [0.15, 0.2) is 10.9 Å². The number of ether oxygens (including phenoxy) is 1. The third-order valence-corrected chi connectivity index (χ3v) is 6.09. The maximum absolute atomic E-state index is 13.2. The number of nitrogens with one attached hydrogen (secondary N) is 1. The number of hydrogen-bond donors (Lipinski definition) is 1. The van der Waals surface area contributed by atoms with Crippen molar-refractivity contribution in [2.24, 2.45) is 0 Å². The Labute approximate surface area is 192 Å². The predicted molar refractivity (Wildman–Crippen MR) is 116 cm³/mol. The van der Waals surface area contributed by atoms with Crippen molar-refractivity contribution in [3.05, 3.63) is 79.1 Å². The number of carbonyl (C=O) groups excluding carboxylic acids is 2. The molecule has 0 atom stereocenters. The van der Waals surface area contributed by atoms with Crippen molar-refractivity contribution < 1.29 is 28.6 Å². The van der Waals surface area contributed by atoms with Crippen LogP contribution in [0, 0.1) is 33.0 Å². The van der Waals surface area contributed by atoms with E-state index in [-0.39, 0.29) is 16.9 Å². The molecule has 1 N–H and O–H groups in total. The Balaban J connectivity index is 1.75. The molecule has 0 aliphatic rings. The maximum atomic E-state index is 13.2. The number of non-ortho nitro benzene ring substituents is 1. The molecule has 170 valence electrons. The van der Waals surface area contributed by atoms with Crippen molar-refractivity contribution in [2.75, 3.05) is 11.9 Å². The molecule has 0 saturated heterocycles. The molecule has 0 bridgehead atoms. The Morgan fingerprint density at radius 3 is 2.58 bits per heavy atom. The van der Waals surface area contributed by atoms with Gasteiger partial charge in [0, 0.05) is 28.1 Å². The molecule has 14 heteroatoms. The minimum absolute atomic E-state index is 0.150. The van der Waals surface area contributed by atoms with E-state index in [1.165, 1.54) is 23.5 Å². The highest BCUT2D eigenvalue weighted by molar-refractivity contribution is 8.01. The monoisotopic (exact) mass is 492 g/mol. The van der Waals surface area contributed by atoms with E-state index in [1.54, 1.807) is 12.3 Å². The number of hydrogen-bond acceptors (Lipinski definition) is 10. The number of nitrogens with zero attached hydrogens (tertiary/aromatic N) is 3. The first-order valence-electron chi connectivity index (χ1n) is 8.93. The Kier molecular flexibility index (Phi) is 7.30. The zero-order valence-corrected chi connectivity index (χ0v) is 18.3. The summed E-state index contributed by atoms with van der Waals surface area (Å²) in [6.07, 6.45) is 0. The Bertz CT molecular complexity index is 1260. The highest BCUT2D eigenvalue weighted by Gasteiger charge is 2.22. The first-order chi connectivity index (χ1) is 15.6. The predicted octanol–water partition coefficient (Wildman–Crippen LogP) is 4.35. The van der Waals surface area contributed by atoms with Crippen LogP contribution in [0.15, 0.2) is 51.0 Å². The van der Waals surface area contributed by atoms with Crippen LogP contribution in [-0.2, 0) is 9.53 Å². The summed E-state index contributed by atoms with van der Waals surface area (Å²) in [5, 5.41) is 26.1. The number of rotatable bonds is 8. The van der Waals surface area contributed by atoms with Gasteiger partial charge in [0.1, 0.15) is 11.5 Å². The van der Waals surface area contributed by atoms with E-state index in [0.717, 1.165) is 35.7 Å². The zero-order valence-electron chi connectivity index (χ0n) is 16.6. The van der Waals surface area contributed by atoms with Crippen molar-refractivity contribution in [1.82, 2.24) is 4.98 Å². The third kappa shape index (κ3) is 6.08. The topological polar surface area (TPSA) is 155 Å². The number of esters is 1. The number of anilines is 1. The van der Waals surface area contributed by atoms with Crippen molar-refractivity contribution in [3.8, 4) is 0 Å². The summed E-state index contributed by atoms with van der Waals surface area (Å²) in [6, 6.07) is 6.17. The van der Waals surface area contributed by atoms with Gasteiger partial charge in [-0.3, -0.25) is 25.0 Å². The number of aryl methyl sites for hydroxylation is 1. The van der Waals surface area contributed by atoms with E-state index in [2.05, 4.69) is 10.3 Å². The molecule has 0 unspecified atom stereocenters. The summed E-state index contributed by atoms with van der Waals surface area (Å²) in [7, 11) is 0. The van der Waals surface area contributed by atoms with E-state index >= 15 is 0 Å². The minimum Gasteiger partial charge on any atom is -0.452 e. The van der Waals surface area contributed by atoms with Gasteiger partial charge in [-0.25, -0.2) is 14.2 Å². The second-order valence-corrected chi connectivity index (χ2v) is 8.48. The molecule has 0 radical (unpaired) electrons. The average Bonchev–Trinajstić information content (AvgIpc) is 3.17. The van der Waals surface area contributed by atoms with Crippen LogP contribution >= 0.6 is 23.1 Å². The standard InChI is InChI=1S/C19H13FN4O7S2/c1-10-9-32-19(21-10)33-16-5-3-12(23(27)28)7-13(16)18(26)31-8-17(25)22-14-4-2-11(20)6-15(14)24(29)30/h2-7,9H,8H2,1H3,(H,22,25). The number of nitro benzene ring substituents is 2. The number of benzene rings is 2. The molecular weight excluding hydrogens is 479 g/mol. The van der Waals surface area contributed by atoms with E-state index in [4.69, 9.17) is 4.74 Å². The largest absolute Gasteiger partial charge is 0.452 e. The Morgan fingerprint density at radius 2 is 1.94 bits per heavy atom. The minimum atomic E-state index is -1.02. The first-order valence-corrected chi connectivity index (χ1v) is 10.6. The highest BCUT2D eigenvalue weighted by atomic mass is 32.2. The Morgan fingerprint density at radius 1 is 1.18 bits per heavy atom. The van der Waals surface area contributed by atoms with Crippen LogP contribution in [0.2, 0.25) is 0 Å². The lowest BCUT2D eigenvalue weighted by molar-refractivity contribution is -0.385. The van der Waals surface area contributed by atoms with Crippen LogP contribution in [0.4, 0.5) is 21.5 Å². The summed E-state index contributed by atoms with van der Waals surface area (Å²) >= 11 is 2.42. The number of carbonyl (C=O) groups is 2. The second-order valence-electron chi connectivity index (χ2n) is 6.34. The van der Waals surface area contributed by atoms with Gasteiger partial charge in [0.05, 0.1) is 21.5 Å². The number of nitro groups is 2. The van der Waals surface area contributed by atoms with E-state index in [9.17, 15) is 34.2 Å². The SMILES string of the molecule is Cc1csc(Sc2ccc([N+](=O)[O-])cc2C(=O)OCC(=O)Nc2ccc(F)cc2[N+](=O)[O-])n1. The van der Waals surface area contributed by atoms with Gasteiger partial charge >= 0.3 is 5.97 Å². The molecule has 11 nitrogen and oxygen atoms in total. The highest BCUT2D eigenvalue weighted by Crippen LogP contribution is 2.34. The normalized spacial score (nSPS) is 10.5. The average molecular weight is 492 g/mol. The molecule has 1 aromatic heterocycles. The van der Waals surface area contributed by atoms with Crippen molar-refractivity contribution >= 4 is 52.0 Å². The zero-order chi connectivity index (χ0) is 24.1. The van der Waals surface area contributed by atoms with E-state index in [0.29, 0.717) is 15.3 Å². The van der Waals surface area contributed by atoms with Gasteiger partial charge in [0.25, 0.3) is 17.3 Å². The number of amides is 1. The molecular formula is C19H13FN4O7S2. The fourth-order valence-electron chi connectivity index (χ4n) is 2.51. The van der Waals surface area contributed by atoms with Gasteiger partial charge in [-0.2, -0.15) is 0 Å². The summed E-state index contributed by atoms with van der Waals surface area (Å²) < 4.78 is 18.8. The molecule has 33 heavy (non-hydrogen) atoms. The fraction of sp³-hybridized carbons (Fsp3) is 0.105. The molecule has 0 spiro atoms. The summed E-state index contributed by atoms with van der Waals surface area (Å²) in [5.41, 5.74) is -0.699. The summed E-state index contributed by atoms with van der Waals surface area (Å²) in [5.74, 6) is -2.80. The lowest BCUT2D eigenvalue weighted by Gasteiger charge is -2.09. The van der Waals surface area contributed by atoms with Crippen LogP contribution in [0.25, 0.3) is 0 Å². The Hall–Kier alpha value is -3.91. The molecule has 1 heterocycles. The van der Waals surface area contributed by atoms with Crippen LogP contribution < -0.4 is 5.32 Å². The third-order valence-electron chi connectivity index (χ3n) is 3.95. The van der Waals surface area contributed by atoms with Crippen LogP contribution in [0.3, 0.4) is 0 Å². The summed E-state index contributed by atoms with van der Waals surface area (Å²) in [6.45, 7) is 0.951. The molecule has 0 aliphatic heterocycles. The van der Waals surface area contributed by atoms with Crippen LogP contribution in [0.5, 0.6) is 0 Å². The lowest BCUT2D eigenvalue weighted by atomic mass is 10.2. The quantitative estimate of drug-likeness (QED) is 0.274. The van der Waals surface area contributed by atoms with E-state index < -0.39 is 39.8 Å². The number of halogens is 1. The lowest BCUT2D eigenvalue weighted by Crippen LogP contribution is -2.21. The van der Waals surface area contributed by atoms with Crippen molar-refractivity contribution in [2.45, 2.75) is 16.2 Å². The van der Waals surface area contributed by atoms with Crippen molar-refractivity contribution in [1.29, 1.82) is 0 Å². The molecule has 0 aliphatic carbocycles. The summed E-state index contributed by atoms with van der Waals surface area (Å²) in [4.78, 5) is 49.9. The van der Waals surface area contributed by atoms with Gasteiger partial charge in [-0.15, -0.1) is 11.3 Å². The number of thiazole rings is 1. The molecule has 3 rings (SSSR count). The first kappa shape index (κ1) is 23.7. The van der Waals surface area contributed by atoms with Gasteiger partial charge in [-0.1, -0.05) is 11.8 Å². The van der Waals surface area contributed by atoms with Gasteiger partial charge in [0.2, 0.25) is 0 Å². The van der Waals surface area contributed by atoms with Gasteiger partial charge < -0.3 is 10.1 Å². The van der Waals surface area contributed by atoms with Crippen molar-refractivity contribution in [3.63, 3.8) is 0 Å². The van der Waals surface area contributed by atoms with Crippen LogP contribution in [0.1, 0.15) is 16.1 Å². The number of aromatic nitrogens is 1. The molecule has 3 aromatic rings. The van der Waals surface area contributed by atoms with E-state index in [1.807, 2.05) is 0 Å². The molecule has 2 aromatic carbocycles. The molecule has 0 fully saturated rings. The molecule has 0 saturated carbocycles. The fourth-order valence-corrected chi connectivity index (χ4v) is 4.40. The maximum Gasteiger partial charge on any atom is 0.340 e. The van der Waals surface area contributed by atoms with Gasteiger partial charge in [-0.05, 0) is 25.1 Å². The van der Waals surface area contributed by atoms with Crippen LogP contribution in [-0.4, -0.2) is 33.3 Å². The molecule has 1 amide bonds. The second kappa shape index (κ2) is 10.1.